The van der Waals surface area contributed by atoms with Crippen LogP contribution >= 0.6 is 0 Å². The van der Waals surface area contributed by atoms with Gasteiger partial charge in [-0.05, 0) is 18.8 Å². The van der Waals surface area contributed by atoms with E-state index in [2.05, 4.69) is 20.9 Å². The first kappa shape index (κ1) is 27.1. The Morgan fingerprint density at radius 1 is 1.07 bits per heavy atom. The standard InChI is InChI=1S/C17H33N7O6/c1-3-9(2)13(24-14(28)10(18)5-4-6-21-17(19)20)16(30)23-11(8-25)15(29)22-7-12(26)27/h9-11,13,25H,3-8,18H2,1-2H3,(H,22,29)(H,23,30)(H,24,28)(H,26,27)(H4,19,20,21). The maximum Gasteiger partial charge on any atom is 0.322 e. The maximum absolute atomic E-state index is 12.6. The SMILES string of the molecule is CCC(C)C(NC(=O)C(N)CCCN=C(N)N)C(=O)NC(CO)C(=O)NCC(=O)O. The molecule has 0 spiro atoms. The van der Waals surface area contributed by atoms with Crippen LogP contribution in [0.4, 0.5) is 0 Å². The second-order valence-corrected chi connectivity index (χ2v) is 6.78. The Kier molecular flexibility index (Phi) is 12.7. The van der Waals surface area contributed by atoms with Crippen molar-refractivity contribution in [1.29, 1.82) is 0 Å². The third-order valence-corrected chi connectivity index (χ3v) is 4.33. The molecule has 0 rings (SSSR count). The van der Waals surface area contributed by atoms with Gasteiger partial charge < -0.3 is 43.4 Å². The van der Waals surface area contributed by atoms with Crippen LogP contribution in [0.1, 0.15) is 33.1 Å². The maximum atomic E-state index is 12.6. The molecule has 3 amide bonds. The zero-order valence-corrected chi connectivity index (χ0v) is 17.3. The summed E-state index contributed by atoms with van der Waals surface area (Å²) in [5.41, 5.74) is 16.3. The van der Waals surface area contributed by atoms with Gasteiger partial charge in [-0.1, -0.05) is 20.3 Å². The van der Waals surface area contributed by atoms with E-state index >= 15 is 0 Å². The van der Waals surface area contributed by atoms with E-state index in [0.29, 0.717) is 19.4 Å². The molecule has 172 valence electrons. The number of carboxylic acid groups (broad SMARTS) is 1. The highest BCUT2D eigenvalue weighted by atomic mass is 16.4. The fraction of sp³-hybridized carbons (Fsp3) is 0.706. The van der Waals surface area contributed by atoms with Gasteiger partial charge in [0.15, 0.2) is 5.96 Å². The van der Waals surface area contributed by atoms with Gasteiger partial charge >= 0.3 is 5.97 Å². The molecule has 13 heteroatoms. The average Bonchev–Trinajstić information content (AvgIpc) is 2.69. The Hall–Kier alpha value is -2.93. The second-order valence-electron chi connectivity index (χ2n) is 6.78. The van der Waals surface area contributed by atoms with E-state index in [1.54, 1.807) is 6.92 Å². The minimum Gasteiger partial charge on any atom is -0.480 e. The van der Waals surface area contributed by atoms with E-state index in [4.69, 9.17) is 22.3 Å². The van der Waals surface area contributed by atoms with Crippen molar-refractivity contribution in [1.82, 2.24) is 16.0 Å². The number of nitrogens with zero attached hydrogens (tertiary/aromatic N) is 1. The van der Waals surface area contributed by atoms with Crippen LogP contribution in [-0.4, -0.2) is 77.7 Å². The number of aliphatic hydroxyl groups excluding tert-OH is 1. The smallest absolute Gasteiger partial charge is 0.322 e. The molecule has 0 aromatic carbocycles. The van der Waals surface area contributed by atoms with Gasteiger partial charge in [-0.25, -0.2) is 0 Å². The Balaban J connectivity index is 4.97. The first-order valence-corrected chi connectivity index (χ1v) is 9.55. The van der Waals surface area contributed by atoms with Crippen molar-refractivity contribution < 1.29 is 29.4 Å². The van der Waals surface area contributed by atoms with Crippen LogP contribution in [0.15, 0.2) is 4.99 Å². The summed E-state index contributed by atoms with van der Waals surface area (Å²) in [4.78, 5) is 51.3. The van der Waals surface area contributed by atoms with Gasteiger partial charge in [0.25, 0.3) is 0 Å². The number of guanidine groups is 1. The molecule has 0 aliphatic rings. The van der Waals surface area contributed by atoms with Crippen LogP contribution in [0.2, 0.25) is 0 Å². The monoisotopic (exact) mass is 431 g/mol. The van der Waals surface area contributed by atoms with Crippen molar-refractivity contribution in [3.63, 3.8) is 0 Å². The number of carbonyl (C=O) groups excluding carboxylic acids is 3. The lowest BCUT2D eigenvalue weighted by atomic mass is 9.97. The average molecular weight is 431 g/mol. The zero-order chi connectivity index (χ0) is 23.3. The van der Waals surface area contributed by atoms with Gasteiger partial charge in [0.1, 0.15) is 18.6 Å². The van der Waals surface area contributed by atoms with Gasteiger partial charge in [-0.2, -0.15) is 0 Å². The summed E-state index contributed by atoms with van der Waals surface area (Å²) in [6.45, 7) is 2.44. The van der Waals surface area contributed by atoms with Crippen molar-refractivity contribution >= 4 is 29.7 Å². The number of aliphatic imine (C=N–C) groups is 1. The minimum absolute atomic E-state index is 0.0626. The largest absolute Gasteiger partial charge is 0.480 e. The van der Waals surface area contributed by atoms with Crippen LogP contribution in [0, 0.1) is 5.92 Å². The summed E-state index contributed by atoms with van der Waals surface area (Å²) in [5, 5.41) is 24.9. The van der Waals surface area contributed by atoms with Crippen molar-refractivity contribution in [2.45, 2.75) is 51.2 Å². The van der Waals surface area contributed by atoms with Crippen LogP contribution in [-0.2, 0) is 19.2 Å². The molecular formula is C17H33N7O6. The van der Waals surface area contributed by atoms with E-state index in [-0.39, 0.29) is 18.3 Å². The molecule has 0 aliphatic heterocycles. The number of carboxylic acids is 1. The van der Waals surface area contributed by atoms with Crippen molar-refractivity contribution in [2.75, 3.05) is 19.7 Å². The molecule has 0 saturated carbocycles. The van der Waals surface area contributed by atoms with Gasteiger partial charge in [-0.3, -0.25) is 24.2 Å². The quantitative estimate of drug-likeness (QED) is 0.0775. The van der Waals surface area contributed by atoms with E-state index < -0.39 is 55.0 Å². The number of carbonyl (C=O) groups is 4. The molecule has 30 heavy (non-hydrogen) atoms. The van der Waals surface area contributed by atoms with Gasteiger partial charge in [0, 0.05) is 6.54 Å². The fourth-order valence-electron chi connectivity index (χ4n) is 2.35. The summed E-state index contributed by atoms with van der Waals surface area (Å²) < 4.78 is 0. The molecule has 0 aromatic rings. The lowest BCUT2D eigenvalue weighted by Gasteiger charge is -2.26. The highest BCUT2D eigenvalue weighted by Crippen LogP contribution is 2.09. The number of nitrogens with two attached hydrogens (primary N) is 3. The molecule has 0 radical (unpaired) electrons. The molecule has 0 saturated heterocycles. The molecule has 0 heterocycles. The Labute approximate surface area is 174 Å². The lowest BCUT2D eigenvalue weighted by Crippen LogP contribution is -2.58. The first-order valence-electron chi connectivity index (χ1n) is 9.55. The first-order chi connectivity index (χ1) is 14.0. The third kappa shape index (κ3) is 10.6. The van der Waals surface area contributed by atoms with E-state index in [9.17, 15) is 24.3 Å². The highest BCUT2D eigenvalue weighted by molar-refractivity contribution is 5.93. The van der Waals surface area contributed by atoms with Crippen LogP contribution in [0.25, 0.3) is 0 Å². The van der Waals surface area contributed by atoms with Crippen molar-refractivity contribution in [3.8, 4) is 0 Å². The van der Waals surface area contributed by atoms with Crippen molar-refractivity contribution in [3.05, 3.63) is 0 Å². The molecule has 4 unspecified atom stereocenters. The second kappa shape index (κ2) is 14.1. The van der Waals surface area contributed by atoms with E-state index in [1.165, 1.54) is 0 Å². The zero-order valence-electron chi connectivity index (χ0n) is 17.3. The number of aliphatic hydroxyl groups is 1. The summed E-state index contributed by atoms with van der Waals surface area (Å²) in [6, 6.07) is -3.27. The summed E-state index contributed by atoms with van der Waals surface area (Å²) >= 11 is 0. The molecule has 13 nitrogen and oxygen atoms in total. The molecule has 0 fully saturated rings. The molecule has 4 atom stereocenters. The molecular weight excluding hydrogens is 398 g/mol. The van der Waals surface area contributed by atoms with Gasteiger partial charge in [0.05, 0.1) is 12.6 Å². The minimum atomic E-state index is -1.37. The number of hydrogen-bond acceptors (Lipinski definition) is 7. The van der Waals surface area contributed by atoms with Crippen molar-refractivity contribution in [2.24, 2.45) is 28.1 Å². The molecule has 0 bridgehead atoms. The highest BCUT2D eigenvalue weighted by Gasteiger charge is 2.30. The Morgan fingerprint density at radius 2 is 1.70 bits per heavy atom. The van der Waals surface area contributed by atoms with Crippen LogP contribution in [0.3, 0.4) is 0 Å². The van der Waals surface area contributed by atoms with Gasteiger partial charge in [0.2, 0.25) is 17.7 Å². The molecule has 0 aromatic heterocycles. The fourth-order valence-corrected chi connectivity index (χ4v) is 2.35. The third-order valence-electron chi connectivity index (χ3n) is 4.33. The predicted molar refractivity (Wildman–Crippen MR) is 109 cm³/mol. The van der Waals surface area contributed by atoms with Crippen LogP contribution in [0.5, 0.6) is 0 Å². The summed E-state index contributed by atoms with van der Waals surface area (Å²) in [6.07, 6.45) is 1.28. The predicted octanol–water partition coefficient (Wildman–Crippen LogP) is -3.42. The lowest BCUT2D eigenvalue weighted by molar-refractivity contribution is -0.139. The number of amides is 3. The van der Waals surface area contributed by atoms with E-state index in [1.807, 2.05) is 6.92 Å². The van der Waals surface area contributed by atoms with Gasteiger partial charge in [-0.15, -0.1) is 0 Å². The summed E-state index contributed by atoms with van der Waals surface area (Å²) in [5.74, 6) is -3.76. The summed E-state index contributed by atoms with van der Waals surface area (Å²) in [7, 11) is 0. The number of hydrogen-bond donors (Lipinski definition) is 8. The number of aliphatic carboxylic acids is 1. The Morgan fingerprint density at radius 3 is 2.20 bits per heavy atom. The Bertz CT molecular complexity index is 624. The molecule has 11 N–H and O–H groups in total. The van der Waals surface area contributed by atoms with E-state index in [0.717, 1.165) is 0 Å². The topological polar surface area (TPSA) is 235 Å². The normalized spacial score (nSPS) is 14.5. The number of nitrogens with one attached hydrogen (secondary N) is 3. The van der Waals surface area contributed by atoms with Crippen LogP contribution < -0.4 is 33.2 Å². The molecule has 0 aliphatic carbocycles. The number of rotatable bonds is 14.